The summed E-state index contributed by atoms with van der Waals surface area (Å²) in [5, 5.41) is 16.9. The Kier molecular flexibility index (Phi) is 4.57. The highest BCUT2D eigenvalue weighted by Crippen LogP contribution is 2.13. The molecule has 1 amide bonds. The molecule has 0 fully saturated rings. The van der Waals surface area contributed by atoms with Crippen LogP contribution in [-0.2, 0) is 16.1 Å². The summed E-state index contributed by atoms with van der Waals surface area (Å²) >= 11 is 0. The minimum absolute atomic E-state index is 0.00767. The average Bonchev–Trinajstić information content (AvgIpc) is 2.87. The summed E-state index contributed by atoms with van der Waals surface area (Å²) in [6.45, 7) is 3.71. The molecule has 1 heterocycles. The first-order valence-corrected chi connectivity index (χ1v) is 6.95. The van der Waals surface area contributed by atoms with Crippen molar-refractivity contribution in [2.24, 2.45) is 5.92 Å². The second kappa shape index (κ2) is 6.39. The Hall–Kier alpha value is -2.37. The van der Waals surface area contributed by atoms with E-state index in [-0.39, 0.29) is 18.4 Å². The van der Waals surface area contributed by atoms with Gasteiger partial charge in [-0.3, -0.25) is 9.48 Å². The van der Waals surface area contributed by atoms with Gasteiger partial charge in [0.25, 0.3) is 0 Å². The van der Waals surface area contributed by atoms with Gasteiger partial charge in [-0.15, -0.1) is 0 Å². The lowest BCUT2D eigenvalue weighted by Gasteiger charge is -2.20. The first-order chi connectivity index (χ1) is 10.0. The van der Waals surface area contributed by atoms with Crippen LogP contribution in [0, 0.1) is 5.92 Å². The minimum Gasteiger partial charge on any atom is -0.480 e. The Bertz CT molecular complexity index is 650. The number of carbonyl (C=O) groups excluding carboxylic acids is 1. The average molecular weight is 289 g/mol. The third-order valence-electron chi connectivity index (χ3n) is 3.64. The van der Waals surface area contributed by atoms with E-state index in [1.807, 2.05) is 38.1 Å². The standard InChI is InChI=1S/C15H19N3O3/c1-3-10(2)14(15(20)21)17-13(19)9-18-12-7-5-4-6-11(12)8-16-18/h4-8,10,14H,3,9H2,1-2H3,(H,17,19)(H,20,21)/t10-,14-/m0/s1. The maximum absolute atomic E-state index is 12.1. The highest BCUT2D eigenvalue weighted by molar-refractivity contribution is 5.85. The first kappa shape index (κ1) is 15.0. The maximum atomic E-state index is 12.1. The van der Waals surface area contributed by atoms with E-state index in [9.17, 15) is 14.7 Å². The number of amides is 1. The molecule has 1 aromatic heterocycles. The molecule has 0 saturated heterocycles. The number of aliphatic carboxylic acids is 1. The third-order valence-corrected chi connectivity index (χ3v) is 3.64. The Morgan fingerprint density at radius 1 is 1.38 bits per heavy atom. The van der Waals surface area contributed by atoms with E-state index < -0.39 is 12.0 Å². The van der Waals surface area contributed by atoms with Gasteiger partial charge in [0.1, 0.15) is 12.6 Å². The monoisotopic (exact) mass is 289 g/mol. The molecule has 2 rings (SSSR count). The molecule has 0 unspecified atom stereocenters. The van der Waals surface area contributed by atoms with Crippen molar-refractivity contribution in [3.05, 3.63) is 30.5 Å². The lowest BCUT2D eigenvalue weighted by atomic mass is 9.99. The minimum atomic E-state index is -1.01. The molecule has 0 bridgehead atoms. The molecule has 0 saturated carbocycles. The Labute approximate surface area is 122 Å². The van der Waals surface area contributed by atoms with Crippen LogP contribution in [0.3, 0.4) is 0 Å². The van der Waals surface area contributed by atoms with E-state index in [1.54, 1.807) is 10.9 Å². The zero-order valence-electron chi connectivity index (χ0n) is 12.1. The van der Waals surface area contributed by atoms with Crippen molar-refractivity contribution in [1.82, 2.24) is 15.1 Å². The van der Waals surface area contributed by atoms with Crippen LogP contribution in [0.1, 0.15) is 20.3 Å². The van der Waals surface area contributed by atoms with Crippen LogP contribution in [-0.4, -0.2) is 32.8 Å². The number of hydrogen-bond donors (Lipinski definition) is 2. The third kappa shape index (κ3) is 3.39. The molecule has 0 radical (unpaired) electrons. The summed E-state index contributed by atoms with van der Waals surface area (Å²) in [5.74, 6) is -1.49. The molecule has 0 spiro atoms. The van der Waals surface area contributed by atoms with E-state index in [2.05, 4.69) is 10.4 Å². The smallest absolute Gasteiger partial charge is 0.326 e. The van der Waals surface area contributed by atoms with E-state index >= 15 is 0 Å². The van der Waals surface area contributed by atoms with Gasteiger partial charge in [-0.1, -0.05) is 38.5 Å². The van der Waals surface area contributed by atoms with Gasteiger partial charge in [0.05, 0.1) is 11.7 Å². The maximum Gasteiger partial charge on any atom is 0.326 e. The van der Waals surface area contributed by atoms with Crippen LogP contribution < -0.4 is 5.32 Å². The van der Waals surface area contributed by atoms with Gasteiger partial charge >= 0.3 is 5.97 Å². The predicted molar refractivity (Wildman–Crippen MR) is 78.8 cm³/mol. The van der Waals surface area contributed by atoms with Crippen molar-refractivity contribution < 1.29 is 14.7 Å². The number of carbonyl (C=O) groups is 2. The van der Waals surface area contributed by atoms with Crippen LogP contribution in [0.2, 0.25) is 0 Å². The number of rotatable bonds is 6. The lowest BCUT2D eigenvalue weighted by molar-refractivity contribution is -0.143. The fourth-order valence-electron chi connectivity index (χ4n) is 2.19. The number of aromatic nitrogens is 2. The summed E-state index contributed by atoms with van der Waals surface area (Å²) in [5.41, 5.74) is 0.850. The van der Waals surface area contributed by atoms with Crippen molar-refractivity contribution in [2.75, 3.05) is 0 Å². The van der Waals surface area contributed by atoms with Crippen LogP contribution in [0.5, 0.6) is 0 Å². The number of carboxylic acids is 1. The number of para-hydroxylation sites is 1. The molecular weight excluding hydrogens is 270 g/mol. The topological polar surface area (TPSA) is 84.2 Å². The summed E-state index contributed by atoms with van der Waals surface area (Å²) in [7, 11) is 0. The number of benzene rings is 1. The molecular formula is C15H19N3O3. The first-order valence-electron chi connectivity index (χ1n) is 6.95. The van der Waals surface area contributed by atoms with Gasteiger partial charge in [-0.2, -0.15) is 5.10 Å². The Morgan fingerprint density at radius 3 is 2.76 bits per heavy atom. The van der Waals surface area contributed by atoms with Gasteiger partial charge < -0.3 is 10.4 Å². The van der Waals surface area contributed by atoms with Crippen molar-refractivity contribution in [3.8, 4) is 0 Å². The zero-order chi connectivity index (χ0) is 15.4. The van der Waals surface area contributed by atoms with E-state index in [4.69, 9.17) is 0 Å². The normalized spacial score (nSPS) is 13.8. The number of carboxylic acid groups (broad SMARTS) is 1. The summed E-state index contributed by atoms with van der Waals surface area (Å²) in [6.07, 6.45) is 2.37. The second-order valence-corrected chi connectivity index (χ2v) is 5.13. The fourth-order valence-corrected chi connectivity index (χ4v) is 2.19. The molecule has 0 aliphatic carbocycles. The van der Waals surface area contributed by atoms with Gasteiger partial charge in [-0.05, 0) is 12.0 Å². The molecule has 0 aliphatic heterocycles. The summed E-state index contributed by atoms with van der Waals surface area (Å²) in [4.78, 5) is 23.3. The van der Waals surface area contributed by atoms with Crippen LogP contribution in [0.4, 0.5) is 0 Å². The SMILES string of the molecule is CC[C@H](C)[C@H](NC(=O)Cn1ncc2ccccc21)C(=O)O. The number of nitrogens with one attached hydrogen (secondary N) is 1. The van der Waals surface area contributed by atoms with Crippen molar-refractivity contribution >= 4 is 22.8 Å². The molecule has 2 aromatic rings. The molecule has 6 nitrogen and oxygen atoms in total. The van der Waals surface area contributed by atoms with Crippen LogP contribution in [0.15, 0.2) is 30.5 Å². The van der Waals surface area contributed by atoms with Gasteiger partial charge in [-0.25, -0.2) is 4.79 Å². The summed E-state index contributed by atoms with van der Waals surface area (Å²) in [6, 6.07) is 6.69. The van der Waals surface area contributed by atoms with Gasteiger partial charge in [0, 0.05) is 5.39 Å². The number of nitrogens with zero attached hydrogens (tertiary/aromatic N) is 2. The van der Waals surface area contributed by atoms with Crippen LogP contribution >= 0.6 is 0 Å². The highest BCUT2D eigenvalue weighted by atomic mass is 16.4. The van der Waals surface area contributed by atoms with Gasteiger partial charge in [0.15, 0.2) is 0 Å². The molecule has 2 atom stereocenters. The fraction of sp³-hybridized carbons (Fsp3) is 0.400. The largest absolute Gasteiger partial charge is 0.480 e. The molecule has 1 aromatic carbocycles. The number of hydrogen-bond acceptors (Lipinski definition) is 3. The Morgan fingerprint density at radius 2 is 2.10 bits per heavy atom. The highest BCUT2D eigenvalue weighted by Gasteiger charge is 2.25. The van der Waals surface area contributed by atoms with Gasteiger partial charge in [0.2, 0.25) is 5.91 Å². The van der Waals surface area contributed by atoms with Crippen molar-refractivity contribution in [2.45, 2.75) is 32.9 Å². The molecule has 112 valence electrons. The molecule has 21 heavy (non-hydrogen) atoms. The molecule has 0 aliphatic rings. The predicted octanol–water partition coefficient (Wildman–Crippen LogP) is 1.65. The lowest BCUT2D eigenvalue weighted by Crippen LogP contribution is -2.46. The number of fused-ring (bicyclic) bond motifs is 1. The van der Waals surface area contributed by atoms with Crippen LogP contribution in [0.25, 0.3) is 10.9 Å². The second-order valence-electron chi connectivity index (χ2n) is 5.13. The van der Waals surface area contributed by atoms with Crippen molar-refractivity contribution in [1.29, 1.82) is 0 Å². The molecule has 6 heteroatoms. The van der Waals surface area contributed by atoms with E-state index in [0.29, 0.717) is 6.42 Å². The van der Waals surface area contributed by atoms with Crippen molar-refractivity contribution in [3.63, 3.8) is 0 Å². The van der Waals surface area contributed by atoms with E-state index in [0.717, 1.165) is 10.9 Å². The summed E-state index contributed by atoms with van der Waals surface area (Å²) < 4.78 is 1.57. The molecule has 2 N–H and O–H groups in total. The quantitative estimate of drug-likeness (QED) is 0.847. The zero-order valence-corrected chi connectivity index (χ0v) is 12.1. The van der Waals surface area contributed by atoms with E-state index in [1.165, 1.54) is 0 Å². The Balaban J connectivity index is 2.09.